The van der Waals surface area contributed by atoms with Crippen molar-refractivity contribution in [3.05, 3.63) is 24.3 Å². The molecule has 112 valence electrons. The van der Waals surface area contributed by atoms with Crippen LogP contribution < -0.4 is 4.90 Å². The second kappa shape index (κ2) is 6.74. The summed E-state index contributed by atoms with van der Waals surface area (Å²) >= 11 is 0. The van der Waals surface area contributed by atoms with Crippen LogP contribution in [0.3, 0.4) is 0 Å². The van der Waals surface area contributed by atoms with Crippen LogP contribution in [-0.4, -0.2) is 38.3 Å². The zero-order valence-corrected chi connectivity index (χ0v) is 12.9. The molecular weight excluding hydrogens is 278 g/mol. The highest BCUT2D eigenvalue weighted by molar-refractivity contribution is 7.91. The summed E-state index contributed by atoms with van der Waals surface area (Å²) in [6.45, 7) is 5.78. The predicted molar refractivity (Wildman–Crippen MR) is 78.9 cm³/mol. The summed E-state index contributed by atoms with van der Waals surface area (Å²) in [5.41, 5.74) is 0.463. The van der Waals surface area contributed by atoms with Gasteiger partial charge >= 0.3 is 5.97 Å². The molecule has 0 aliphatic rings. The van der Waals surface area contributed by atoms with Crippen molar-refractivity contribution in [2.45, 2.75) is 25.7 Å². The van der Waals surface area contributed by atoms with Crippen LogP contribution in [0.15, 0.2) is 29.2 Å². The molecule has 0 amide bonds. The molecule has 1 aromatic rings. The number of carbonyl (C=O) groups is 1. The highest BCUT2D eigenvalue weighted by Gasteiger charge is 2.21. The molecule has 0 aliphatic heterocycles. The molecule has 0 radical (unpaired) electrons. The Morgan fingerprint density at radius 2 is 1.90 bits per heavy atom. The minimum Gasteiger partial charge on any atom is -0.480 e. The number of rotatable bonds is 7. The molecule has 1 rings (SSSR count). The lowest BCUT2D eigenvalue weighted by molar-refractivity contribution is -0.135. The molecule has 0 unspecified atom stereocenters. The van der Waals surface area contributed by atoms with E-state index < -0.39 is 15.8 Å². The van der Waals surface area contributed by atoms with Crippen LogP contribution in [-0.2, 0) is 14.6 Å². The van der Waals surface area contributed by atoms with Gasteiger partial charge in [-0.2, -0.15) is 0 Å². The van der Waals surface area contributed by atoms with E-state index in [2.05, 4.69) is 0 Å². The van der Waals surface area contributed by atoms with Crippen LogP contribution in [0.1, 0.15) is 20.8 Å². The summed E-state index contributed by atoms with van der Waals surface area (Å²) in [6.07, 6.45) is 0. The van der Waals surface area contributed by atoms with E-state index in [9.17, 15) is 13.2 Å². The van der Waals surface area contributed by atoms with Crippen molar-refractivity contribution in [1.82, 2.24) is 0 Å². The fraction of sp³-hybridized carbons (Fsp3) is 0.500. The third kappa shape index (κ3) is 4.23. The van der Waals surface area contributed by atoms with Gasteiger partial charge in [-0.25, -0.2) is 8.42 Å². The number of sulfone groups is 1. The molecule has 6 heteroatoms. The molecule has 20 heavy (non-hydrogen) atoms. The Kier molecular flexibility index (Phi) is 5.56. The van der Waals surface area contributed by atoms with Gasteiger partial charge in [0.05, 0.1) is 16.3 Å². The molecule has 0 bridgehead atoms. The third-order valence-electron chi connectivity index (χ3n) is 2.83. The standard InChI is InChI=1S/C14H21NO4S/c1-4-20(18,19)13-8-6-5-7-12(13)15(9-11(2)3)10-14(16)17/h5-8,11H,4,9-10H2,1-3H3,(H,16,17). The molecule has 0 aromatic heterocycles. The van der Waals surface area contributed by atoms with Gasteiger partial charge in [-0.05, 0) is 18.1 Å². The summed E-state index contributed by atoms with van der Waals surface area (Å²) in [6, 6.07) is 6.57. The topological polar surface area (TPSA) is 74.7 Å². The maximum atomic E-state index is 12.1. The van der Waals surface area contributed by atoms with Crippen LogP contribution in [0.25, 0.3) is 0 Å². The number of benzene rings is 1. The zero-order chi connectivity index (χ0) is 15.3. The zero-order valence-electron chi connectivity index (χ0n) is 12.0. The summed E-state index contributed by atoms with van der Waals surface area (Å²) in [7, 11) is -3.38. The first kappa shape index (κ1) is 16.5. The van der Waals surface area contributed by atoms with Crippen LogP contribution in [0.5, 0.6) is 0 Å². The lowest BCUT2D eigenvalue weighted by Gasteiger charge is -2.26. The normalized spacial score (nSPS) is 11.6. The number of nitrogens with zero attached hydrogens (tertiary/aromatic N) is 1. The highest BCUT2D eigenvalue weighted by Crippen LogP contribution is 2.26. The highest BCUT2D eigenvalue weighted by atomic mass is 32.2. The van der Waals surface area contributed by atoms with Gasteiger partial charge in [-0.15, -0.1) is 0 Å². The van der Waals surface area contributed by atoms with E-state index in [1.54, 1.807) is 30.0 Å². The number of anilines is 1. The van der Waals surface area contributed by atoms with Gasteiger partial charge in [-0.1, -0.05) is 32.9 Å². The van der Waals surface area contributed by atoms with Gasteiger partial charge in [0.15, 0.2) is 9.84 Å². The van der Waals surface area contributed by atoms with E-state index in [0.717, 1.165) is 0 Å². The Labute approximate surface area is 120 Å². The van der Waals surface area contributed by atoms with E-state index in [-0.39, 0.29) is 23.1 Å². The Balaban J connectivity index is 3.29. The summed E-state index contributed by atoms with van der Waals surface area (Å²) < 4.78 is 24.2. The number of hydrogen-bond acceptors (Lipinski definition) is 4. The average molecular weight is 299 g/mol. The number of carboxylic acid groups (broad SMARTS) is 1. The van der Waals surface area contributed by atoms with Gasteiger partial charge < -0.3 is 10.0 Å². The lowest BCUT2D eigenvalue weighted by atomic mass is 10.2. The van der Waals surface area contributed by atoms with E-state index in [1.807, 2.05) is 13.8 Å². The smallest absolute Gasteiger partial charge is 0.323 e. The Morgan fingerprint density at radius 1 is 1.30 bits per heavy atom. The predicted octanol–water partition coefficient (Wildman–Crippen LogP) is 2.03. The molecular formula is C14H21NO4S. The van der Waals surface area contributed by atoms with Crippen molar-refractivity contribution < 1.29 is 18.3 Å². The third-order valence-corrected chi connectivity index (χ3v) is 4.61. The van der Waals surface area contributed by atoms with Gasteiger partial charge in [0, 0.05) is 6.54 Å². The van der Waals surface area contributed by atoms with Crippen molar-refractivity contribution in [3.63, 3.8) is 0 Å². The lowest BCUT2D eigenvalue weighted by Crippen LogP contribution is -2.34. The van der Waals surface area contributed by atoms with Crippen LogP contribution in [0.4, 0.5) is 5.69 Å². The minimum absolute atomic E-state index is 0.00734. The SMILES string of the molecule is CCS(=O)(=O)c1ccccc1N(CC(=O)O)CC(C)C. The van der Waals surface area contributed by atoms with Gasteiger partial charge in [-0.3, -0.25) is 4.79 Å². The fourth-order valence-electron chi connectivity index (χ4n) is 1.99. The van der Waals surface area contributed by atoms with Gasteiger partial charge in [0.25, 0.3) is 0 Å². The molecule has 0 spiro atoms. The largest absolute Gasteiger partial charge is 0.480 e. The monoisotopic (exact) mass is 299 g/mol. The summed E-state index contributed by atoms with van der Waals surface area (Å²) in [5.74, 6) is -0.756. The molecule has 0 fully saturated rings. The minimum atomic E-state index is -3.38. The van der Waals surface area contributed by atoms with E-state index >= 15 is 0 Å². The maximum Gasteiger partial charge on any atom is 0.323 e. The first-order valence-electron chi connectivity index (χ1n) is 6.56. The van der Waals surface area contributed by atoms with Crippen molar-refractivity contribution in [3.8, 4) is 0 Å². The van der Waals surface area contributed by atoms with Crippen LogP contribution in [0, 0.1) is 5.92 Å². The first-order chi connectivity index (χ1) is 9.27. The molecule has 0 saturated carbocycles. The molecule has 5 nitrogen and oxygen atoms in total. The Hall–Kier alpha value is -1.56. The van der Waals surface area contributed by atoms with Gasteiger partial charge in [0.1, 0.15) is 6.54 Å². The molecule has 0 aliphatic carbocycles. The van der Waals surface area contributed by atoms with Crippen LogP contribution in [0.2, 0.25) is 0 Å². The first-order valence-corrected chi connectivity index (χ1v) is 8.21. The van der Waals surface area contributed by atoms with E-state index in [4.69, 9.17) is 5.11 Å². The molecule has 0 saturated heterocycles. The summed E-state index contributed by atoms with van der Waals surface area (Å²) in [5, 5.41) is 9.02. The molecule has 1 aromatic carbocycles. The van der Waals surface area contributed by atoms with Gasteiger partial charge in [0.2, 0.25) is 0 Å². The van der Waals surface area contributed by atoms with Crippen molar-refractivity contribution in [2.24, 2.45) is 5.92 Å². The second-order valence-corrected chi connectivity index (χ2v) is 7.29. The van der Waals surface area contributed by atoms with E-state index in [1.165, 1.54) is 6.07 Å². The number of hydrogen-bond donors (Lipinski definition) is 1. The Bertz CT molecular complexity index is 566. The van der Waals surface area contributed by atoms with Crippen molar-refractivity contribution >= 4 is 21.5 Å². The Morgan fingerprint density at radius 3 is 2.40 bits per heavy atom. The molecule has 0 heterocycles. The van der Waals surface area contributed by atoms with Crippen molar-refractivity contribution in [1.29, 1.82) is 0 Å². The average Bonchev–Trinajstić information content (AvgIpc) is 2.37. The number of aliphatic carboxylic acids is 1. The van der Waals surface area contributed by atoms with E-state index in [0.29, 0.717) is 12.2 Å². The second-order valence-electron chi connectivity index (χ2n) is 5.04. The quantitative estimate of drug-likeness (QED) is 0.834. The number of carboxylic acids is 1. The number of para-hydroxylation sites is 1. The summed E-state index contributed by atoms with van der Waals surface area (Å²) in [4.78, 5) is 12.8. The van der Waals surface area contributed by atoms with Crippen LogP contribution >= 0.6 is 0 Å². The fourth-order valence-corrected chi connectivity index (χ4v) is 3.10. The molecule has 0 atom stereocenters. The molecule has 1 N–H and O–H groups in total. The van der Waals surface area contributed by atoms with Crippen molar-refractivity contribution in [2.75, 3.05) is 23.7 Å². The maximum absolute atomic E-state index is 12.1.